The molecule has 0 amide bonds. The lowest BCUT2D eigenvalue weighted by Crippen LogP contribution is -2.52. The van der Waals surface area contributed by atoms with Crippen molar-refractivity contribution in [2.75, 3.05) is 31.9 Å². The van der Waals surface area contributed by atoms with E-state index in [1.807, 2.05) is 24.3 Å². The van der Waals surface area contributed by atoms with Gasteiger partial charge in [0.15, 0.2) is 0 Å². The van der Waals surface area contributed by atoms with Gasteiger partial charge in [-0.25, -0.2) is 8.42 Å². The van der Waals surface area contributed by atoms with E-state index in [9.17, 15) is 8.42 Å². The first-order chi connectivity index (χ1) is 13.0. The van der Waals surface area contributed by atoms with Crippen LogP contribution in [0.5, 0.6) is 0 Å². The van der Waals surface area contributed by atoms with Crippen LogP contribution in [0.15, 0.2) is 60.7 Å². The van der Waals surface area contributed by atoms with Crippen LogP contribution in [-0.4, -0.2) is 55.6 Å². The topological polar surface area (TPSA) is 40.6 Å². The number of piperazine rings is 1. The second kappa shape index (κ2) is 9.49. The Bertz CT molecular complexity index is 786. The molecule has 5 heteroatoms. The molecule has 27 heavy (non-hydrogen) atoms. The zero-order valence-corrected chi connectivity index (χ0v) is 16.9. The Morgan fingerprint density at radius 2 is 1.41 bits per heavy atom. The maximum atomic E-state index is 12.7. The monoisotopic (exact) mass is 386 g/mol. The first-order valence-electron chi connectivity index (χ1n) is 9.84. The van der Waals surface area contributed by atoms with Gasteiger partial charge in [0.05, 0.1) is 5.75 Å². The molecule has 1 aliphatic rings. The minimum atomic E-state index is -3.15. The molecule has 0 spiro atoms. The van der Waals surface area contributed by atoms with E-state index < -0.39 is 10.0 Å². The summed E-state index contributed by atoms with van der Waals surface area (Å²) in [6.45, 7) is 5.06. The number of hydrogen-bond acceptors (Lipinski definition) is 3. The fraction of sp³-hybridized carbons (Fsp3) is 0.455. The Labute approximate surface area is 163 Å². The molecular formula is C22H30N2O2S. The quantitative estimate of drug-likeness (QED) is 0.700. The van der Waals surface area contributed by atoms with Gasteiger partial charge in [0.25, 0.3) is 0 Å². The molecular weight excluding hydrogens is 356 g/mol. The average Bonchev–Trinajstić information content (AvgIpc) is 2.69. The first kappa shape index (κ1) is 20.1. The van der Waals surface area contributed by atoms with Gasteiger partial charge < -0.3 is 0 Å². The van der Waals surface area contributed by atoms with Gasteiger partial charge >= 0.3 is 0 Å². The molecule has 1 atom stereocenters. The smallest absolute Gasteiger partial charge is 0.214 e. The predicted molar refractivity (Wildman–Crippen MR) is 111 cm³/mol. The Kier molecular flexibility index (Phi) is 7.05. The van der Waals surface area contributed by atoms with Crippen LogP contribution < -0.4 is 0 Å². The molecule has 0 radical (unpaired) electrons. The molecule has 2 aromatic rings. The third-order valence-corrected chi connectivity index (χ3v) is 7.33. The number of rotatable bonds is 8. The molecule has 1 aliphatic heterocycles. The van der Waals surface area contributed by atoms with Gasteiger partial charge in [-0.2, -0.15) is 4.31 Å². The lowest BCUT2D eigenvalue weighted by molar-refractivity contribution is 0.145. The van der Waals surface area contributed by atoms with Gasteiger partial charge in [-0.1, -0.05) is 60.7 Å². The van der Waals surface area contributed by atoms with E-state index in [0.717, 1.165) is 25.9 Å². The van der Waals surface area contributed by atoms with Gasteiger partial charge in [-0.05, 0) is 37.3 Å². The van der Waals surface area contributed by atoms with Gasteiger partial charge in [0.1, 0.15) is 0 Å². The van der Waals surface area contributed by atoms with Gasteiger partial charge in [0.2, 0.25) is 10.0 Å². The van der Waals surface area contributed by atoms with E-state index in [2.05, 4.69) is 48.2 Å². The minimum Gasteiger partial charge on any atom is -0.298 e. The summed E-state index contributed by atoms with van der Waals surface area (Å²) in [5.74, 6) is 0.238. The van der Waals surface area contributed by atoms with Crippen molar-refractivity contribution in [3.05, 3.63) is 71.8 Å². The highest BCUT2D eigenvalue weighted by Crippen LogP contribution is 2.15. The molecule has 0 saturated carbocycles. The third kappa shape index (κ3) is 5.89. The fourth-order valence-electron chi connectivity index (χ4n) is 3.74. The van der Waals surface area contributed by atoms with Crippen LogP contribution in [0.3, 0.4) is 0 Å². The Balaban J connectivity index is 1.44. The highest BCUT2D eigenvalue weighted by atomic mass is 32.2. The van der Waals surface area contributed by atoms with Crippen molar-refractivity contribution in [3.63, 3.8) is 0 Å². The van der Waals surface area contributed by atoms with Gasteiger partial charge in [0, 0.05) is 32.2 Å². The van der Waals surface area contributed by atoms with Crippen LogP contribution in [0, 0.1) is 0 Å². The summed E-state index contributed by atoms with van der Waals surface area (Å²) in [7, 11) is -3.15. The largest absolute Gasteiger partial charge is 0.298 e. The maximum absolute atomic E-state index is 12.7. The lowest BCUT2D eigenvalue weighted by Gasteiger charge is -2.37. The molecule has 4 nitrogen and oxygen atoms in total. The predicted octanol–water partition coefficient (Wildman–Crippen LogP) is 3.20. The number of sulfonamides is 1. The Morgan fingerprint density at radius 3 is 2.00 bits per heavy atom. The summed E-state index contributed by atoms with van der Waals surface area (Å²) >= 11 is 0. The number of nitrogens with zero attached hydrogens (tertiary/aromatic N) is 2. The summed E-state index contributed by atoms with van der Waals surface area (Å²) in [5, 5.41) is 0. The van der Waals surface area contributed by atoms with Crippen LogP contribution in [0.1, 0.15) is 24.5 Å². The van der Waals surface area contributed by atoms with Crippen LogP contribution in [0.4, 0.5) is 0 Å². The molecule has 3 rings (SSSR count). The highest BCUT2D eigenvalue weighted by molar-refractivity contribution is 7.89. The van der Waals surface area contributed by atoms with Crippen LogP contribution in [0.2, 0.25) is 0 Å². The van der Waals surface area contributed by atoms with E-state index >= 15 is 0 Å². The summed E-state index contributed by atoms with van der Waals surface area (Å²) in [4.78, 5) is 2.41. The minimum absolute atomic E-state index is 0.238. The second-order valence-corrected chi connectivity index (χ2v) is 9.47. The molecule has 1 saturated heterocycles. The molecule has 0 N–H and O–H groups in total. The Morgan fingerprint density at radius 1 is 0.852 bits per heavy atom. The molecule has 1 fully saturated rings. The fourth-order valence-corrected chi connectivity index (χ4v) is 5.23. The summed E-state index contributed by atoms with van der Waals surface area (Å²) < 4.78 is 27.0. The van der Waals surface area contributed by atoms with Crippen molar-refractivity contribution in [3.8, 4) is 0 Å². The molecule has 0 aromatic heterocycles. The molecule has 2 aromatic carbocycles. The van der Waals surface area contributed by atoms with Crippen molar-refractivity contribution in [2.24, 2.45) is 0 Å². The van der Waals surface area contributed by atoms with E-state index in [0.29, 0.717) is 25.6 Å². The summed E-state index contributed by atoms with van der Waals surface area (Å²) in [6.07, 6.45) is 2.50. The van der Waals surface area contributed by atoms with E-state index in [1.54, 1.807) is 4.31 Å². The summed E-state index contributed by atoms with van der Waals surface area (Å²) in [5.41, 5.74) is 2.54. The molecule has 1 unspecified atom stereocenters. The standard InChI is InChI=1S/C22H30N2O2S/c1-20(19-22-11-6-3-7-12-22)23-14-16-24(17-15-23)27(25,26)18-8-13-21-9-4-2-5-10-21/h2-7,9-12,20H,8,13-19H2,1H3. The zero-order chi connectivity index (χ0) is 19.1. The van der Waals surface area contributed by atoms with Crippen LogP contribution >= 0.6 is 0 Å². The van der Waals surface area contributed by atoms with Crippen molar-refractivity contribution in [1.82, 2.24) is 9.21 Å². The van der Waals surface area contributed by atoms with Crippen molar-refractivity contribution >= 4 is 10.0 Å². The molecule has 0 aliphatic carbocycles. The van der Waals surface area contributed by atoms with Crippen molar-refractivity contribution in [1.29, 1.82) is 0 Å². The normalized spacial score (nSPS) is 17.7. The van der Waals surface area contributed by atoms with Crippen molar-refractivity contribution < 1.29 is 8.42 Å². The Hall–Kier alpha value is -1.69. The van der Waals surface area contributed by atoms with E-state index in [1.165, 1.54) is 11.1 Å². The SMILES string of the molecule is CC(Cc1ccccc1)N1CCN(S(=O)(=O)CCCc2ccccc2)CC1. The maximum Gasteiger partial charge on any atom is 0.214 e. The van der Waals surface area contributed by atoms with Gasteiger partial charge in [-0.15, -0.1) is 0 Å². The number of hydrogen-bond donors (Lipinski definition) is 0. The van der Waals surface area contributed by atoms with E-state index in [-0.39, 0.29) is 5.75 Å². The zero-order valence-electron chi connectivity index (χ0n) is 16.1. The van der Waals surface area contributed by atoms with Crippen LogP contribution in [0.25, 0.3) is 0 Å². The molecule has 1 heterocycles. The third-order valence-electron chi connectivity index (χ3n) is 5.37. The number of aryl methyl sites for hydroxylation is 1. The average molecular weight is 387 g/mol. The van der Waals surface area contributed by atoms with Crippen molar-refractivity contribution in [2.45, 2.75) is 32.2 Å². The summed E-state index contributed by atoms with van der Waals surface area (Å²) in [6, 6.07) is 21.0. The number of benzene rings is 2. The first-order valence-corrected chi connectivity index (χ1v) is 11.5. The lowest BCUT2D eigenvalue weighted by atomic mass is 10.1. The van der Waals surface area contributed by atoms with Crippen LogP contribution in [-0.2, 0) is 22.9 Å². The second-order valence-electron chi connectivity index (χ2n) is 7.38. The van der Waals surface area contributed by atoms with Gasteiger partial charge in [-0.3, -0.25) is 4.90 Å². The molecule has 0 bridgehead atoms. The highest BCUT2D eigenvalue weighted by Gasteiger charge is 2.28. The van der Waals surface area contributed by atoms with E-state index in [4.69, 9.17) is 0 Å². The molecule has 146 valence electrons.